The number of nitrogens with zero attached hydrogens (tertiary/aromatic N) is 4. The number of benzene rings is 2. The van der Waals surface area contributed by atoms with Crippen LogP contribution >= 0.6 is 27.5 Å². The number of fused-ring (bicyclic) bond motifs is 2. The minimum atomic E-state index is 0.625. The van der Waals surface area contributed by atoms with Gasteiger partial charge in [0.25, 0.3) is 0 Å². The van der Waals surface area contributed by atoms with E-state index < -0.39 is 0 Å². The molecule has 0 amide bonds. The standard InChI is InChI=1S/C21H16BrClN6/c1-12-26-17-7-6-13(8-19(17)27-12)10-24-20-9-18(14-4-2-3-5-16(14)23)28-21-15(22)11-25-29(20)21/h2-9,11,24H,10H2,1H3,(H,26,27). The van der Waals surface area contributed by atoms with Gasteiger partial charge in [0.05, 0.1) is 27.4 Å². The van der Waals surface area contributed by atoms with Crippen LogP contribution in [0, 0.1) is 6.92 Å². The first kappa shape index (κ1) is 18.1. The number of anilines is 1. The number of halogens is 2. The molecule has 0 unspecified atom stereocenters. The maximum Gasteiger partial charge on any atom is 0.172 e. The van der Waals surface area contributed by atoms with E-state index in [-0.39, 0.29) is 0 Å². The van der Waals surface area contributed by atoms with Gasteiger partial charge < -0.3 is 10.3 Å². The lowest BCUT2D eigenvalue weighted by Crippen LogP contribution is -2.07. The van der Waals surface area contributed by atoms with Crippen LogP contribution in [-0.4, -0.2) is 24.6 Å². The molecule has 0 radical (unpaired) electrons. The fraction of sp³-hybridized carbons (Fsp3) is 0.0952. The maximum absolute atomic E-state index is 6.40. The van der Waals surface area contributed by atoms with Crippen molar-refractivity contribution in [2.24, 2.45) is 0 Å². The molecule has 144 valence electrons. The minimum Gasteiger partial charge on any atom is -0.366 e. The molecule has 5 rings (SSSR count). The van der Waals surface area contributed by atoms with Crippen LogP contribution in [0.4, 0.5) is 5.82 Å². The Labute approximate surface area is 180 Å². The average molecular weight is 468 g/mol. The van der Waals surface area contributed by atoms with E-state index in [9.17, 15) is 0 Å². The lowest BCUT2D eigenvalue weighted by molar-refractivity contribution is 0.927. The van der Waals surface area contributed by atoms with Gasteiger partial charge in [0.1, 0.15) is 11.6 Å². The molecular formula is C21H16BrClN6. The summed E-state index contributed by atoms with van der Waals surface area (Å²) in [5.74, 6) is 1.74. The highest BCUT2D eigenvalue weighted by atomic mass is 79.9. The second-order valence-corrected chi connectivity index (χ2v) is 8.02. The summed E-state index contributed by atoms with van der Waals surface area (Å²) in [6.45, 7) is 2.58. The Morgan fingerprint density at radius 2 is 2.00 bits per heavy atom. The molecule has 0 bridgehead atoms. The second kappa shape index (κ2) is 7.17. The molecule has 0 atom stereocenters. The van der Waals surface area contributed by atoms with E-state index in [1.54, 1.807) is 10.7 Å². The van der Waals surface area contributed by atoms with E-state index in [0.717, 1.165) is 49.6 Å². The molecule has 0 fully saturated rings. The van der Waals surface area contributed by atoms with E-state index in [4.69, 9.17) is 16.6 Å². The van der Waals surface area contributed by atoms with Gasteiger partial charge in [0.15, 0.2) is 5.65 Å². The number of hydrogen-bond acceptors (Lipinski definition) is 4. The molecule has 6 nitrogen and oxygen atoms in total. The second-order valence-electron chi connectivity index (χ2n) is 6.76. The van der Waals surface area contributed by atoms with Crippen molar-refractivity contribution in [1.82, 2.24) is 24.6 Å². The summed E-state index contributed by atoms with van der Waals surface area (Å²) in [4.78, 5) is 12.5. The summed E-state index contributed by atoms with van der Waals surface area (Å²) in [7, 11) is 0. The van der Waals surface area contributed by atoms with Crippen molar-refractivity contribution < 1.29 is 0 Å². The van der Waals surface area contributed by atoms with E-state index in [1.165, 1.54) is 0 Å². The third-order valence-corrected chi connectivity index (χ3v) is 5.61. The van der Waals surface area contributed by atoms with Gasteiger partial charge in [-0.1, -0.05) is 35.9 Å². The third kappa shape index (κ3) is 3.36. The number of nitrogens with one attached hydrogen (secondary N) is 2. The van der Waals surface area contributed by atoms with Crippen LogP contribution in [0.2, 0.25) is 5.02 Å². The molecule has 2 aromatic carbocycles. The summed E-state index contributed by atoms with van der Waals surface area (Å²) in [6.07, 6.45) is 1.74. The molecule has 5 aromatic rings. The van der Waals surface area contributed by atoms with Gasteiger partial charge in [0, 0.05) is 23.2 Å². The number of aromatic nitrogens is 5. The van der Waals surface area contributed by atoms with Crippen molar-refractivity contribution in [3.8, 4) is 11.3 Å². The SMILES string of the molecule is Cc1nc2cc(CNc3cc(-c4ccccc4Cl)nc4c(Br)cnn34)ccc2[nH]1. The molecule has 0 aliphatic carbocycles. The van der Waals surface area contributed by atoms with Crippen LogP contribution in [0.3, 0.4) is 0 Å². The monoisotopic (exact) mass is 466 g/mol. The van der Waals surface area contributed by atoms with E-state index >= 15 is 0 Å². The van der Waals surface area contributed by atoms with E-state index in [2.05, 4.69) is 48.4 Å². The van der Waals surface area contributed by atoms with Gasteiger partial charge in [-0.05, 0) is 46.6 Å². The lowest BCUT2D eigenvalue weighted by Gasteiger charge is -2.12. The quantitative estimate of drug-likeness (QED) is 0.360. The van der Waals surface area contributed by atoms with Gasteiger partial charge >= 0.3 is 0 Å². The predicted octanol–water partition coefficient (Wildman–Crippen LogP) is 5.61. The smallest absolute Gasteiger partial charge is 0.172 e. The molecule has 29 heavy (non-hydrogen) atoms. The normalized spacial score (nSPS) is 11.4. The fourth-order valence-electron chi connectivity index (χ4n) is 3.35. The predicted molar refractivity (Wildman–Crippen MR) is 119 cm³/mol. The molecule has 0 saturated carbocycles. The van der Waals surface area contributed by atoms with Crippen LogP contribution in [0.15, 0.2) is 59.2 Å². The van der Waals surface area contributed by atoms with Crippen molar-refractivity contribution in [1.29, 1.82) is 0 Å². The number of imidazole rings is 1. The minimum absolute atomic E-state index is 0.625. The summed E-state index contributed by atoms with van der Waals surface area (Å²) in [6, 6.07) is 15.9. The Bertz CT molecular complexity index is 1360. The van der Waals surface area contributed by atoms with Crippen molar-refractivity contribution in [2.45, 2.75) is 13.5 Å². The number of hydrogen-bond donors (Lipinski definition) is 2. The molecule has 0 spiro atoms. The molecular weight excluding hydrogens is 452 g/mol. The van der Waals surface area contributed by atoms with Crippen LogP contribution in [0.1, 0.15) is 11.4 Å². The third-order valence-electron chi connectivity index (χ3n) is 4.72. The molecule has 0 aliphatic heterocycles. The summed E-state index contributed by atoms with van der Waals surface area (Å²) >= 11 is 9.94. The molecule has 0 saturated heterocycles. The molecule has 3 heterocycles. The van der Waals surface area contributed by atoms with Crippen LogP contribution in [0.5, 0.6) is 0 Å². The number of H-pyrrole nitrogens is 1. The van der Waals surface area contributed by atoms with Crippen molar-refractivity contribution >= 4 is 50.0 Å². The highest BCUT2D eigenvalue weighted by Gasteiger charge is 2.13. The first-order chi connectivity index (χ1) is 14.1. The topological polar surface area (TPSA) is 70.9 Å². The highest BCUT2D eigenvalue weighted by Crippen LogP contribution is 2.30. The Hall–Kier alpha value is -2.90. The van der Waals surface area contributed by atoms with Crippen LogP contribution in [0.25, 0.3) is 27.9 Å². The number of aromatic amines is 1. The van der Waals surface area contributed by atoms with Gasteiger partial charge in [-0.3, -0.25) is 0 Å². The zero-order valence-corrected chi connectivity index (χ0v) is 17.8. The number of rotatable bonds is 4. The van der Waals surface area contributed by atoms with Gasteiger partial charge in [-0.2, -0.15) is 9.61 Å². The summed E-state index contributed by atoms with van der Waals surface area (Å²) in [5.41, 5.74) is 5.50. The summed E-state index contributed by atoms with van der Waals surface area (Å²) in [5, 5.41) is 8.57. The Morgan fingerprint density at radius 3 is 2.86 bits per heavy atom. The molecule has 3 aromatic heterocycles. The zero-order chi connectivity index (χ0) is 20.0. The lowest BCUT2D eigenvalue weighted by atomic mass is 10.1. The molecule has 8 heteroatoms. The Balaban J connectivity index is 1.53. The van der Waals surface area contributed by atoms with E-state index in [1.807, 2.05) is 43.3 Å². The maximum atomic E-state index is 6.40. The van der Waals surface area contributed by atoms with Crippen molar-refractivity contribution in [3.05, 3.63) is 75.6 Å². The first-order valence-electron chi connectivity index (χ1n) is 9.07. The highest BCUT2D eigenvalue weighted by molar-refractivity contribution is 9.10. The van der Waals surface area contributed by atoms with Crippen LogP contribution < -0.4 is 5.32 Å². The van der Waals surface area contributed by atoms with E-state index in [0.29, 0.717) is 11.6 Å². The van der Waals surface area contributed by atoms with Crippen LogP contribution in [-0.2, 0) is 6.54 Å². The van der Waals surface area contributed by atoms with Gasteiger partial charge in [-0.15, -0.1) is 0 Å². The number of aryl methyl sites for hydroxylation is 1. The molecule has 0 aliphatic rings. The fourth-order valence-corrected chi connectivity index (χ4v) is 3.93. The zero-order valence-electron chi connectivity index (χ0n) is 15.4. The summed E-state index contributed by atoms with van der Waals surface area (Å²) < 4.78 is 2.60. The largest absolute Gasteiger partial charge is 0.366 e. The Kier molecular flexibility index (Phi) is 4.49. The first-order valence-corrected chi connectivity index (χ1v) is 10.2. The van der Waals surface area contributed by atoms with Crippen molar-refractivity contribution in [3.63, 3.8) is 0 Å². The average Bonchev–Trinajstić information content (AvgIpc) is 3.28. The van der Waals surface area contributed by atoms with Gasteiger partial charge in [-0.25, -0.2) is 9.97 Å². The Morgan fingerprint density at radius 1 is 1.14 bits per heavy atom. The molecule has 2 N–H and O–H groups in total. The van der Waals surface area contributed by atoms with Gasteiger partial charge in [0.2, 0.25) is 0 Å². The van der Waals surface area contributed by atoms with Crippen molar-refractivity contribution in [2.75, 3.05) is 5.32 Å².